The quantitative estimate of drug-likeness (QED) is 0.635. The Bertz CT molecular complexity index is 811. The van der Waals surface area contributed by atoms with Gasteiger partial charge in [0, 0.05) is 32.6 Å². The maximum atomic E-state index is 14.1. The number of nitrogens with one attached hydrogen (secondary N) is 1. The number of carbonyl (C=O) groups excluding carboxylic acids is 1. The first kappa shape index (κ1) is 23.1. The Balaban J connectivity index is 0.00000300. The van der Waals surface area contributed by atoms with E-state index in [-0.39, 0.29) is 24.5 Å². The third-order valence-electron chi connectivity index (χ3n) is 4.78. The van der Waals surface area contributed by atoms with Crippen LogP contribution in [0.25, 0.3) is 0 Å². The van der Waals surface area contributed by atoms with E-state index in [2.05, 4.69) is 5.32 Å². The molecule has 0 unspecified atom stereocenters. The van der Waals surface area contributed by atoms with E-state index in [0.29, 0.717) is 44.1 Å². The highest BCUT2D eigenvalue weighted by Crippen LogP contribution is 2.25. The molecule has 1 aliphatic heterocycles. The highest BCUT2D eigenvalue weighted by molar-refractivity contribution is 5.94. The molecule has 1 aliphatic rings. The fraction of sp³-hybridized carbons (Fsp3) is 0.381. The molecule has 1 fully saturated rings. The van der Waals surface area contributed by atoms with Crippen LogP contribution < -0.4 is 15.8 Å². The Labute approximate surface area is 175 Å². The van der Waals surface area contributed by atoms with E-state index in [9.17, 15) is 14.3 Å². The standard InChI is InChI=1S/C21H25FN2O4.ClH/c22-19-6-5-17(28-16-3-1-15(2-4-16)7-10-23)13-18(19)20(25)24-14-21(26)8-11-27-12-9-21;/h1-6,13,26H,7-12,14,23H2,(H,24,25);1H. The number of carbonyl (C=O) groups is 1. The number of hydrogen-bond donors (Lipinski definition) is 3. The zero-order valence-corrected chi connectivity index (χ0v) is 16.8. The van der Waals surface area contributed by atoms with E-state index < -0.39 is 17.3 Å². The van der Waals surface area contributed by atoms with Crippen LogP contribution in [-0.2, 0) is 11.2 Å². The summed E-state index contributed by atoms with van der Waals surface area (Å²) in [6.07, 6.45) is 1.64. The number of nitrogens with two attached hydrogens (primary N) is 1. The Morgan fingerprint density at radius 1 is 1.17 bits per heavy atom. The molecule has 0 aliphatic carbocycles. The molecule has 4 N–H and O–H groups in total. The normalized spacial score (nSPS) is 15.3. The molecule has 8 heteroatoms. The first-order valence-electron chi connectivity index (χ1n) is 9.34. The molecule has 0 saturated carbocycles. The van der Waals surface area contributed by atoms with Crippen LogP contribution in [0.1, 0.15) is 28.8 Å². The van der Waals surface area contributed by atoms with Gasteiger partial charge in [-0.15, -0.1) is 12.4 Å². The second-order valence-electron chi connectivity index (χ2n) is 6.95. The van der Waals surface area contributed by atoms with E-state index in [4.69, 9.17) is 15.2 Å². The van der Waals surface area contributed by atoms with Gasteiger partial charge in [-0.05, 0) is 48.9 Å². The van der Waals surface area contributed by atoms with Crippen LogP contribution in [0.5, 0.6) is 11.5 Å². The van der Waals surface area contributed by atoms with E-state index in [0.717, 1.165) is 12.0 Å². The number of hydrogen-bond acceptors (Lipinski definition) is 5. The second-order valence-corrected chi connectivity index (χ2v) is 6.95. The first-order valence-corrected chi connectivity index (χ1v) is 9.34. The largest absolute Gasteiger partial charge is 0.457 e. The van der Waals surface area contributed by atoms with Crippen molar-refractivity contribution >= 4 is 18.3 Å². The van der Waals surface area contributed by atoms with Crippen molar-refractivity contribution in [1.82, 2.24) is 5.32 Å². The van der Waals surface area contributed by atoms with Gasteiger partial charge in [0.15, 0.2) is 0 Å². The van der Waals surface area contributed by atoms with Crippen molar-refractivity contribution in [2.24, 2.45) is 5.73 Å². The average molecular weight is 425 g/mol. The lowest BCUT2D eigenvalue weighted by atomic mass is 9.94. The minimum Gasteiger partial charge on any atom is -0.457 e. The predicted octanol–water partition coefficient (Wildman–Crippen LogP) is 2.81. The highest BCUT2D eigenvalue weighted by atomic mass is 35.5. The molecule has 0 spiro atoms. The Hall–Kier alpha value is -2.19. The SMILES string of the molecule is Cl.NCCc1ccc(Oc2ccc(F)c(C(=O)NCC3(O)CCOCC3)c2)cc1. The summed E-state index contributed by atoms with van der Waals surface area (Å²) in [5, 5.41) is 13.0. The van der Waals surface area contributed by atoms with Crippen LogP contribution >= 0.6 is 12.4 Å². The molecule has 0 radical (unpaired) electrons. The van der Waals surface area contributed by atoms with Crippen molar-refractivity contribution in [3.8, 4) is 11.5 Å². The molecule has 2 aromatic carbocycles. The lowest BCUT2D eigenvalue weighted by molar-refractivity contribution is -0.0605. The minimum atomic E-state index is -1.02. The van der Waals surface area contributed by atoms with Crippen LogP contribution in [0.15, 0.2) is 42.5 Å². The summed E-state index contributed by atoms with van der Waals surface area (Å²) in [7, 11) is 0. The van der Waals surface area contributed by atoms with Crippen LogP contribution in [0.3, 0.4) is 0 Å². The van der Waals surface area contributed by atoms with Gasteiger partial charge in [-0.25, -0.2) is 4.39 Å². The topological polar surface area (TPSA) is 93.8 Å². The van der Waals surface area contributed by atoms with E-state index in [1.54, 1.807) is 12.1 Å². The molecule has 3 rings (SSSR count). The van der Waals surface area contributed by atoms with Gasteiger partial charge in [-0.3, -0.25) is 4.79 Å². The smallest absolute Gasteiger partial charge is 0.254 e. The van der Waals surface area contributed by atoms with Crippen molar-refractivity contribution in [3.63, 3.8) is 0 Å². The summed E-state index contributed by atoms with van der Waals surface area (Å²) in [6, 6.07) is 11.4. The molecule has 2 aromatic rings. The molecule has 1 heterocycles. The number of halogens is 2. The zero-order chi connectivity index (χ0) is 20.0. The first-order chi connectivity index (χ1) is 13.5. The fourth-order valence-corrected chi connectivity index (χ4v) is 3.04. The van der Waals surface area contributed by atoms with Crippen molar-refractivity contribution < 1.29 is 23.8 Å². The number of aliphatic hydroxyl groups is 1. The maximum Gasteiger partial charge on any atom is 0.254 e. The van der Waals surface area contributed by atoms with E-state index >= 15 is 0 Å². The molecule has 0 aromatic heterocycles. The van der Waals surface area contributed by atoms with Gasteiger partial charge < -0.3 is 25.6 Å². The lowest BCUT2D eigenvalue weighted by Crippen LogP contribution is -2.46. The van der Waals surface area contributed by atoms with Gasteiger partial charge in [-0.1, -0.05) is 12.1 Å². The van der Waals surface area contributed by atoms with E-state index in [1.165, 1.54) is 18.2 Å². The molecular weight excluding hydrogens is 399 g/mol. The summed E-state index contributed by atoms with van der Waals surface area (Å²) in [4.78, 5) is 12.4. The maximum absolute atomic E-state index is 14.1. The molecule has 1 saturated heterocycles. The summed E-state index contributed by atoms with van der Waals surface area (Å²) < 4.78 is 25.1. The number of rotatable bonds is 7. The number of benzene rings is 2. The van der Waals surface area contributed by atoms with Crippen LogP contribution in [-0.4, -0.2) is 42.9 Å². The lowest BCUT2D eigenvalue weighted by Gasteiger charge is -2.32. The summed E-state index contributed by atoms with van der Waals surface area (Å²) in [6.45, 7) is 1.49. The third-order valence-corrected chi connectivity index (χ3v) is 4.78. The number of amides is 1. The van der Waals surface area contributed by atoms with Crippen molar-refractivity contribution in [1.29, 1.82) is 0 Å². The third kappa shape index (κ3) is 6.40. The fourth-order valence-electron chi connectivity index (χ4n) is 3.04. The molecule has 0 atom stereocenters. The van der Waals surface area contributed by atoms with Gasteiger partial charge in [-0.2, -0.15) is 0 Å². The van der Waals surface area contributed by atoms with Crippen LogP contribution in [0, 0.1) is 5.82 Å². The molecule has 1 amide bonds. The van der Waals surface area contributed by atoms with Gasteiger partial charge in [0.1, 0.15) is 17.3 Å². The van der Waals surface area contributed by atoms with Crippen LogP contribution in [0.2, 0.25) is 0 Å². The summed E-state index contributed by atoms with van der Waals surface area (Å²) in [5.74, 6) is -0.318. The summed E-state index contributed by atoms with van der Waals surface area (Å²) in [5.41, 5.74) is 5.48. The van der Waals surface area contributed by atoms with Crippen molar-refractivity contribution in [3.05, 3.63) is 59.4 Å². The zero-order valence-electron chi connectivity index (χ0n) is 16.0. The second kappa shape index (κ2) is 10.5. The molecular formula is C21H26ClFN2O4. The molecule has 0 bridgehead atoms. The predicted molar refractivity (Wildman–Crippen MR) is 110 cm³/mol. The van der Waals surface area contributed by atoms with E-state index in [1.807, 2.05) is 12.1 Å². The Morgan fingerprint density at radius 2 is 1.83 bits per heavy atom. The van der Waals surface area contributed by atoms with Crippen LogP contribution in [0.4, 0.5) is 4.39 Å². The average Bonchev–Trinajstić information content (AvgIpc) is 2.70. The van der Waals surface area contributed by atoms with Crippen molar-refractivity contribution in [2.75, 3.05) is 26.3 Å². The van der Waals surface area contributed by atoms with Crippen molar-refractivity contribution in [2.45, 2.75) is 24.9 Å². The Morgan fingerprint density at radius 3 is 2.48 bits per heavy atom. The monoisotopic (exact) mass is 424 g/mol. The minimum absolute atomic E-state index is 0. The summed E-state index contributed by atoms with van der Waals surface area (Å²) >= 11 is 0. The highest BCUT2D eigenvalue weighted by Gasteiger charge is 2.30. The molecule has 6 nitrogen and oxygen atoms in total. The molecule has 158 valence electrons. The van der Waals surface area contributed by atoms with Gasteiger partial charge in [0.25, 0.3) is 5.91 Å². The molecule has 29 heavy (non-hydrogen) atoms. The Kier molecular flexibility index (Phi) is 8.40. The number of ether oxygens (including phenoxy) is 2. The van der Waals surface area contributed by atoms with Gasteiger partial charge in [0.2, 0.25) is 0 Å². The van der Waals surface area contributed by atoms with Gasteiger partial charge >= 0.3 is 0 Å². The van der Waals surface area contributed by atoms with Gasteiger partial charge in [0.05, 0.1) is 11.2 Å².